The molecule has 0 fully saturated rings. The molecule has 0 aliphatic carbocycles. The van der Waals surface area contributed by atoms with E-state index in [1.54, 1.807) is 0 Å². The number of carboxylic acid groups (broad SMARTS) is 3. The first-order chi connectivity index (χ1) is 22.3. The van der Waals surface area contributed by atoms with Gasteiger partial charge in [0, 0.05) is 45.2 Å². The zero-order chi connectivity index (χ0) is 35.9. The van der Waals surface area contributed by atoms with Gasteiger partial charge in [-0.3, -0.25) is 34.0 Å². The zero-order valence-electron chi connectivity index (χ0n) is 28.1. The molecule has 0 atom stereocenters. The van der Waals surface area contributed by atoms with E-state index in [1.165, 1.54) is 49.2 Å². The maximum Gasteiger partial charge on any atom is 0.300 e. The minimum Gasteiger partial charge on any atom is -0.481 e. The van der Waals surface area contributed by atoms with Crippen LogP contribution in [0, 0.1) is 0 Å². The average molecular weight is 658 g/mol. The molecule has 0 heterocycles. The molecule has 0 bridgehead atoms. The summed E-state index contributed by atoms with van der Waals surface area (Å²) in [5.74, 6) is -2.98. The Morgan fingerprint density at radius 2 is 0.894 bits per heavy atom. The summed E-state index contributed by atoms with van der Waals surface area (Å²) in [6.07, 6.45) is 9.42. The summed E-state index contributed by atoms with van der Waals surface area (Å²) in [7, 11) is 0. The van der Waals surface area contributed by atoms with Crippen LogP contribution in [0.5, 0.6) is 0 Å². The predicted octanol–water partition coefficient (Wildman–Crippen LogP) is 4.95. The van der Waals surface area contributed by atoms with E-state index in [0.29, 0.717) is 26.2 Å². The van der Waals surface area contributed by atoms with Crippen molar-refractivity contribution in [2.75, 3.05) is 36.8 Å². The maximum absolute atomic E-state index is 12.0. The van der Waals surface area contributed by atoms with Gasteiger partial charge in [0.1, 0.15) is 0 Å². The Kier molecular flexibility index (Phi) is 28.0. The first-order valence-corrected chi connectivity index (χ1v) is 15.4. The van der Waals surface area contributed by atoms with Crippen molar-refractivity contribution in [1.82, 2.24) is 5.32 Å². The number of aliphatic carboxylic acids is 3. The van der Waals surface area contributed by atoms with Gasteiger partial charge in [-0.1, -0.05) is 51.0 Å². The minimum atomic E-state index is -0.833. The molecule has 0 aromatic heterocycles. The molecule has 13 heteroatoms. The van der Waals surface area contributed by atoms with Crippen LogP contribution < -0.4 is 16.0 Å². The molecule has 0 saturated heterocycles. The highest BCUT2D eigenvalue weighted by atomic mass is 16.4. The molecule has 2 aromatic rings. The third-order valence-electron chi connectivity index (χ3n) is 5.33. The summed E-state index contributed by atoms with van der Waals surface area (Å²) in [6.45, 7) is 9.83. The van der Waals surface area contributed by atoms with Crippen molar-refractivity contribution < 1.29 is 39.3 Å². The minimum absolute atomic E-state index is 0.238. The van der Waals surface area contributed by atoms with Crippen LogP contribution in [-0.2, 0) is 36.8 Å². The van der Waals surface area contributed by atoms with E-state index in [4.69, 9.17) is 29.7 Å². The van der Waals surface area contributed by atoms with Crippen LogP contribution in [-0.4, -0.2) is 83.7 Å². The Bertz CT molecular complexity index is 1110. The van der Waals surface area contributed by atoms with Gasteiger partial charge in [-0.05, 0) is 61.1 Å². The fourth-order valence-corrected chi connectivity index (χ4v) is 3.33. The quantitative estimate of drug-likeness (QED) is 0.106. The summed E-state index contributed by atoms with van der Waals surface area (Å²) in [5, 5.41) is 31.1. The van der Waals surface area contributed by atoms with Crippen molar-refractivity contribution >= 4 is 53.5 Å². The fourth-order valence-electron chi connectivity index (χ4n) is 3.33. The highest BCUT2D eigenvalue weighted by molar-refractivity contribution is 6.32. The molecule has 2 rings (SSSR count). The van der Waals surface area contributed by atoms with Gasteiger partial charge < -0.3 is 31.3 Å². The van der Waals surface area contributed by atoms with Gasteiger partial charge >= 0.3 is 0 Å². The van der Waals surface area contributed by atoms with Gasteiger partial charge in [0.2, 0.25) is 0 Å². The van der Waals surface area contributed by atoms with Gasteiger partial charge in [-0.15, -0.1) is 0 Å². The lowest BCUT2D eigenvalue weighted by Crippen LogP contribution is -2.22. The van der Waals surface area contributed by atoms with E-state index in [-0.39, 0.29) is 11.8 Å². The molecule has 47 heavy (non-hydrogen) atoms. The predicted molar refractivity (Wildman–Crippen MR) is 187 cm³/mol. The van der Waals surface area contributed by atoms with Gasteiger partial charge in [0.25, 0.3) is 29.7 Å². The van der Waals surface area contributed by atoms with Crippen LogP contribution in [0.2, 0.25) is 0 Å². The molecule has 0 aliphatic rings. The number of anilines is 2. The Hall–Kier alpha value is -4.91. The fraction of sp³-hybridized carbons (Fsp3) is 0.441. The summed E-state index contributed by atoms with van der Waals surface area (Å²) in [4.78, 5) is 59.2. The van der Waals surface area contributed by atoms with Crippen LogP contribution >= 0.6 is 0 Å². The van der Waals surface area contributed by atoms with Crippen molar-refractivity contribution in [2.24, 2.45) is 9.98 Å². The van der Waals surface area contributed by atoms with Crippen molar-refractivity contribution in [3.63, 3.8) is 0 Å². The second kappa shape index (κ2) is 29.8. The van der Waals surface area contributed by atoms with Crippen LogP contribution in [0.1, 0.15) is 71.4 Å². The smallest absolute Gasteiger partial charge is 0.300 e. The number of carbonyl (C=O) groups excluding carboxylic acids is 2. The third-order valence-corrected chi connectivity index (χ3v) is 5.33. The topological polar surface area (TPSA) is 207 Å². The lowest BCUT2D eigenvalue weighted by atomic mass is 10.1. The molecule has 0 spiro atoms. The lowest BCUT2D eigenvalue weighted by Gasteiger charge is -2.04. The molecule has 260 valence electrons. The summed E-state index contributed by atoms with van der Waals surface area (Å²) >= 11 is 0. The summed E-state index contributed by atoms with van der Waals surface area (Å²) in [5.41, 5.74) is 4.10. The first-order valence-electron chi connectivity index (χ1n) is 15.4. The number of nitrogens with zero attached hydrogens (tertiary/aromatic N) is 2. The lowest BCUT2D eigenvalue weighted by molar-refractivity contribution is -0.135. The summed E-state index contributed by atoms with van der Waals surface area (Å²) < 4.78 is 0. The molecule has 13 nitrogen and oxygen atoms in total. The maximum atomic E-state index is 12.0. The third kappa shape index (κ3) is 33.8. The van der Waals surface area contributed by atoms with Crippen LogP contribution in [0.15, 0.2) is 58.5 Å². The Labute approximate surface area is 277 Å². The Morgan fingerprint density at radius 3 is 1.17 bits per heavy atom. The number of carbonyl (C=O) groups is 5. The molecule has 0 saturated carbocycles. The number of unbranched alkanes of at least 4 members (excludes halogenated alkanes) is 2. The Morgan fingerprint density at radius 1 is 0.596 bits per heavy atom. The highest BCUT2D eigenvalue weighted by Gasteiger charge is 2.00. The molecule has 2 aromatic carbocycles. The number of amides is 2. The van der Waals surface area contributed by atoms with Crippen molar-refractivity contribution in [1.29, 1.82) is 0 Å². The number of benzene rings is 2. The number of rotatable bonds is 16. The SMILES string of the molecule is CC(=O)O.CC(=O)O.CC(=O)O.CCCCc1ccc(NC(=O)C=NCCNCCN=CC(=O)Nc2ccc(CCCC)cc2)cc1. The molecular weight excluding hydrogens is 606 g/mol. The van der Waals surface area contributed by atoms with Gasteiger partial charge in [0.15, 0.2) is 0 Å². The van der Waals surface area contributed by atoms with Crippen LogP contribution in [0.3, 0.4) is 0 Å². The number of aliphatic imine (C=N–C) groups is 2. The molecule has 0 aliphatic heterocycles. The first kappa shape index (κ1) is 44.2. The van der Waals surface area contributed by atoms with Gasteiger partial charge in [-0.25, -0.2) is 0 Å². The van der Waals surface area contributed by atoms with Crippen molar-refractivity contribution in [3.8, 4) is 0 Å². The van der Waals surface area contributed by atoms with Gasteiger partial charge in [0.05, 0.1) is 25.5 Å². The van der Waals surface area contributed by atoms with E-state index < -0.39 is 17.9 Å². The van der Waals surface area contributed by atoms with E-state index >= 15 is 0 Å². The second-order valence-electron chi connectivity index (χ2n) is 9.96. The van der Waals surface area contributed by atoms with E-state index in [1.807, 2.05) is 48.5 Å². The van der Waals surface area contributed by atoms with E-state index in [9.17, 15) is 9.59 Å². The molecular formula is C34H51N5O8. The normalized spacial score (nSPS) is 9.98. The van der Waals surface area contributed by atoms with Crippen LogP contribution in [0.4, 0.5) is 11.4 Å². The van der Waals surface area contributed by atoms with Crippen LogP contribution in [0.25, 0.3) is 0 Å². The number of nitrogens with one attached hydrogen (secondary N) is 3. The number of hydrogen-bond acceptors (Lipinski definition) is 8. The standard InChI is InChI=1S/C28H39N5O2.3C2H4O2/c1-3-5-7-23-9-13-25(14-10-23)32-27(34)21-30-19-17-29-18-20-31-22-28(35)33-26-15-11-24(12-16-26)8-6-4-2;3*1-2(3)4/h9-16,21-22,29H,3-8,17-20H2,1-2H3,(H,32,34)(H,33,35);3*1H3,(H,3,4). The van der Waals surface area contributed by atoms with Crippen molar-refractivity contribution in [2.45, 2.75) is 73.1 Å². The summed E-state index contributed by atoms with van der Waals surface area (Å²) in [6, 6.07) is 15.9. The molecule has 0 unspecified atom stereocenters. The average Bonchev–Trinajstić information content (AvgIpc) is 2.98. The zero-order valence-corrected chi connectivity index (χ0v) is 28.1. The Balaban J connectivity index is 0. The highest BCUT2D eigenvalue weighted by Crippen LogP contribution is 2.12. The molecule has 0 radical (unpaired) electrons. The second-order valence-corrected chi connectivity index (χ2v) is 9.96. The number of hydrogen-bond donors (Lipinski definition) is 6. The van der Waals surface area contributed by atoms with Gasteiger partial charge in [-0.2, -0.15) is 0 Å². The monoisotopic (exact) mass is 657 g/mol. The number of aryl methyl sites for hydroxylation is 2. The molecule has 2 amide bonds. The van der Waals surface area contributed by atoms with Crippen molar-refractivity contribution in [3.05, 3.63) is 59.7 Å². The van der Waals surface area contributed by atoms with E-state index in [0.717, 1.165) is 45.0 Å². The van der Waals surface area contributed by atoms with E-state index in [2.05, 4.69) is 39.8 Å². The number of carboxylic acids is 3. The molecule has 6 N–H and O–H groups in total. The largest absolute Gasteiger partial charge is 0.481 e.